The smallest absolute Gasteiger partial charge is 0.273 e. The topological polar surface area (TPSA) is 63.4 Å². The molecule has 1 rings (SSSR count). The molecule has 0 aliphatic heterocycles. The van der Waals surface area contributed by atoms with Crippen LogP contribution in [0, 0.1) is 19.6 Å². The van der Waals surface area contributed by atoms with Gasteiger partial charge in [0.2, 0.25) is 0 Å². The monoisotopic (exact) mass is 349 g/mol. The summed E-state index contributed by atoms with van der Waals surface area (Å²) in [5.41, 5.74) is 0.697. The van der Waals surface area contributed by atoms with Crippen LogP contribution in [0.5, 0.6) is 0 Å². The molecule has 1 aromatic rings. The number of nitro benzene ring substituents is 1. The van der Waals surface area contributed by atoms with Crippen LogP contribution in [0.1, 0.15) is 25.8 Å². The molecule has 1 atom stereocenters. The SMILES string of the molecule is CC(C)CC(O)Cc1ccc(I)cc1[N+](=O)[O-]. The molecule has 4 nitrogen and oxygen atoms in total. The van der Waals surface area contributed by atoms with Gasteiger partial charge in [-0.05, 0) is 41.0 Å². The summed E-state index contributed by atoms with van der Waals surface area (Å²) >= 11 is 2.04. The van der Waals surface area contributed by atoms with Crippen molar-refractivity contribution in [3.8, 4) is 0 Å². The largest absolute Gasteiger partial charge is 0.393 e. The summed E-state index contributed by atoms with van der Waals surface area (Å²) in [6.07, 6.45) is 0.475. The number of halogens is 1. The van der Waals surface area contributed by atoms with Crippen LogP contribution in [0.25, 0.3) is 0 Å². The molecule has 0 heterocycles. The van der Waals surface area contributed by atoms with E-state index in [4.69, 9.17) is 0 Å². The third-order valence-corrected chi connectivity index (χ3v) is 3.11. The fourth-order valence-corrected chi connectivity index (χ4v) is 2.24. The van der Waals surface area contributed by atoms with E-state index >= 15 is 0 Å². The van der Waals surface area contributed by atoms with Gasteiger partial charge in [0.05, 0.1) is 11.0 Å². The van der Waals surface area contributed by atoms with Crippen LogP contribution in [-0.2, 0) is 6.42 Å². The van der Waals surface area contributed by atoms with E-state index in [2.05, 4.69) is 0 Å². The summed E-state index contributed by atoms with van der Waals surface area (Å²) in [5, 5.41) is 20.7. The molecule has 0 bridgehead atoms. The third-order valence-electron chi connectivity index (χ3n) is 2.44. The summed E-state index contributed by atoms with van der Waals surface area (Å²) in [5.74, 6) is 0.382. The van der Waals surface area contributed by atoms with Crippen LogP contribution in [0.15, 0.2) is 18.2 Å². The highest BCUT2D eigenvalue weighted by molar-refractivity contribution is 14.1. The van der Waals surface area contributed by atoms with Gasteiger partial charge < -0.3 is 5.11 Å². The van der Waals surface area contributed by atoms with Gasteiger partial charge in [0.1, 0.15) is 0 Å². The lowest BCUT2D eigenvalue weighted by molar-refractivity contribution is -0.385. The van der Waals surface area contributed by atoms with Gasteiger partial charge in [-0.15, -0.1) is 0 Å². The first-order valence-corrected chi connectivity index (χ1v) is 6.59. The zero-order valence-corrected chi connectivity index (χ0v) is 12.0. The second-order valence-electron chi connectivity index (χ2n) is 4.52. The number of nitrogens with zero attached hydrogens (tertiary/aromatic N) is 1. The maximum Gasteiger partial charge on any atom is 0.273 e. The maximum absolute atomic E-state index is 10.9. The van der Waals surface area contributed by atoms with Crippen molar-refractivity contribution in [2.75, 3.05) is 0 Å². The van der Waals surface area contributed by atoms with E-state index in [9.17, 15) is 15.2 Å². The first-order valence-electron chi connectivity index (χ1n) is 5.51. The number of aliphatic hydroxyl groups is 1. The van der Waals surface area contributed by atoms with Crippen LogP contribution in [0.4, 0.5) is 5.69 Å². The molecule has 1 N–H and O–H groups in total. The first-order chi connectivity index (χ1) is 7.90. The van der Waals surface area contributed by atoms with E-state index < -0.39 is 6.10 Å². The van der Waals surface area contributed by atoms with Crippen molar-refractivity contribution >= 4 is 28.3 Å². The highest BCUT2D eigenvalue weighted by Gasteiger charge is 2.17. The van der Waals surface area contributed by atoms with Crippen molar-refractivity contribution in [3.05, 3.63) is 37.4 Å². The Bertz CT molecular complexity index is 407. The molecular weight excluding hydrogens is 333 g/mol. The number of aliphatic hydroxyl groups excluding tert-OH is 1. The van der Waals surface area contributed by atoms with E-state index in [0.29, 0.717) is 24.3 Å². The molecule has 0 aromatic heterocycles. The van der Waals surface area contributed by atoms with Crippen molar-refractivity contribution in [3.63, 3.8) is 0 Å². The molecule has 0 radical (unpaired) electrons. The zero-order valence-electron chi connectivity index (χ0n) is 9.89. The molecule has 5 heteroatoms. The van der Waals surface area contributed by atoms with Gasteiger partial charge in [0, 0.05) is 21.6 Å². The van der Waals surface area contributed by atoms with Crippen molar-refractivity contribution in [2.24, 2.45) is 5.92 Å². The Balaban J connectivity index is 2.86. The Kier molecular flexibility index (Phi) is 5.32. The highest BCUT2D eigenvalue weighted by atomic mass is 127. The lowest BCUT2D eigenvalue weighted by Crippen LogP contribution is -2.14. The Hall–Kier alpha value is -0.690. The van der Waals surface area contributed by atoms with Crippen LogP contribution in [0.2, 0.25) is 0 Å². The molecule has 0 aliphatic rings. The Morgan fingerprint density at radius 3 is 2.65 bits per heavy atom. The molecule has 0 spiro atoms. The molecule has 1 unspecified atom stereocenters. The number of hydrogen-bond donors (Lipinski definition) is 1. The number of nitro groups is 1. The van der Waals surface area contributed by atoms with Crippen LogP contribution >= 0.6 is 22.6 Å². The standard InChI is InChI=1S/C12H16INO3/c1-8(2)5-11(15)6-9-3-4-10(13)7-12(9)14(16)17/h3-4,7-8,11,15H,5-6H2,1-2H3. The average molecular weight is 349 g/mol. The quantitative estimate of drug-likeness (QED) is 0.505. The molecule has 94 valence electrons. The second-order valence-corrected chi connectivity index (χ2v) is 5.76. The Morgan fingerprint density at radius 1 is 1.47 bits per heavy atom. The Morgan fingerprint density at radius 2 is 2.12 bits per heavy atom. The fraction of sp³-hybridized carbons (Fsp3) is 0.500. The van der Waals surface area contributed by atoms with Crippen molar-refractivity contribution in [1.29, 1.82) is 0 Å². The maximum atomic E-state index is 10.9. The predicted octanol–water partition coefficient (Wildman–Crippen LogP) is 3.15. The van der Waals surface area contributed by atoms with E-state index in [-0.39, 0.29) is 10.6 Å². The predicted molar refractivity (Wildman–Crippen MR) is 75.0 cm³/mol. The van der Waals surface area contributed by atoms with Gasteiger partial charge in [-0.25, -0.2) is 0 Å². The van der Waals surface area contributed by atoms with Gasteiger partial charge in [-0.1, -0.05) is 19.9 Å². The summed E-state index contributed by atoms with van der Waals surface area (Å²) in [7, 11) is 0. The number of rotatable bonds is 5. The Labute approximate surface area is 114 Å². The van der Waals surface area contributed by atoms with Gasteiger partial charge >= 0.3 is 0 Å². The molecule has 0 amide bonds. The van der Waals surface area contributed by atoms with E-state index in [1.54, 1.807) is 6.07 Å². The lowest BCUT2D eigenvalue weighted by Gasteiger charge is -2.13. The molecular formula is C12H16INO3. The zero-order chi connectivity index (χ0) is 13.0. The van der Waals surface area contributed by atoms with Crippen molar-refractivity contribution < 1.29 is 10.0 Å². The third kappa shape index (κ3) is 4.59. The summed E-state index contributed by atoms with van der Waals surface area (Å²) in [4.78, 5) is 10.5. The van der Waals surface area contributed by atoms with Gasteiger partial charge in [0.25, 0.3) is 5.69 Å². The molecule has 0 aliphatic carbocycles. The molecule has 0 saturated heterocycles. The summed E-state index contributed by atoms with van der Waals surface area (Å²) in [6, 6.07) is 5.09. The summed E-state index contributed by atoms with van der Waals surface area (Å²) < 4.78 is 0.830. The van der Waals surface area contributed by atoms with Crippen LogP contribution < -0.4 is 0 Å². The van der Waals surface area contributed by atoms with Gasteiger partial charge in [0.15, 0.2) is 0 Å². The van der Waals surface area contributed by atoms with Gasteiger partial charge in [-0.3, -0.25) is 10.1 Å². The lowest BCUT2D eigenvalue weighted by atomic mass is 9.99. The van der Waals surface area contributed by atoms with E-state index in [1.807, 2.05) is 42.5 Å². The fourth-order valence-electron chi connectivity index (χ4n) is 1.76. The van der Waals surface area contributed by atoms with Crippen LogP contribution in [0.3, 0.4) is 0 Å². The minimum atomic E-state index is -0.520. The number of hydrogen-bond acceptors (Lipinski definition) is 3. The molecule has 17 heavy (non-hydrogen) atoms. The minimum absolute atomic E-state index is 0.0970. The average Bonchev–Trinajstić information content (AvgIpc) is 2.19. The van der Waals surface area contributed by atoms with E-state index in [1.165, 1.54) is 6.07 Å². The normalized spacial score (nSPS) is 12.8. The van der Waals surface area contributed by atoms with Crippen molar-refractivity contribution in [1.82, 2.24) is 0 Å². The molecule has 1 aromatic carbocycles. The summed E-state index contributed by atoms with van der Waals surface area (Å²) in [6.45, 7) is 4.04. The van der Waals surface area contributed by atoms with Crippen LogP contribution in [-0.4, -0.2) is 16.1 Å². The van der Waals surface area contributed by atoms with Crippen molar-refractivity contribution in [2.45, 2.75) is 32.8 Å². The highest BCUT2D eigenvalue weighted by Crippen LogP contribution is 2.23. The molecule has 0 saturated carbocycles. The molecule has 0 fully saturated rings. The van der Waals surface area contributed by atoms with Gasteiger partial charge in [-0.2, -0.15) is 0 Å². The number of benzene rings is 1. The first kappa shape index (κ1) is 14.4. The minimum Gasteiger partial charge on any atom is -0.393 e. The second kappa shape index (κ2) is 6.30. The van der Waals surface area contributed by atoms with E-state index in [0.717, 1.165) is 3.57 Å².